The highest BCUT2D eigenvalue weighted by molar-refractivity contribution is 5.43. The van der Waals surface area contributed by atoms with Crippen molar-refractivity contribution in [1.82, 2.24) is 4.98 Å². The number of anilines is 1. The van der Waals surface area contributed by atoms with Gasteiger partial charge in [0.1, 0.15) is 5.82 Å². The fraction of sp³-hybridized carbons (Fsp3) is 0.444. The number of aliphatic hydroxyl groups is 1. The summed E-state index contributed by atoms with van der Waals surface area (Å²) in [4.78, 5) is 4.15. The van der Waals surface area contributed by atoms with E-state index in [0.717, 1.165) is 24.3 Å². The second kappa shape index (κ2) is 5.50. The van der Waals surface area contributed by atoms with Crippen LogP contribution >= 0.6 is 0 Å². The molecule has 0 unspecified atom stereocenters. The van der Waals surface area contributed by atoms with Crippen LogP contribution in [-0.2, 0) is 6.54 Å². The van der Waals surface area contributed by atoms with Gasteiger partial charge in [-0.25, -0.2) is 4.98 Å². The molecule has 0 aromatic carbocycles. The lowest BCUT2D eigenvalue weighted by Crippen LogP contribution is -2.09. The van der Waals surface area contributed by atoms with Crippen LogP contribution in [-0.4, -0.2) is 23.2 Å². The molecule has 4 N–H and O–H groups in total. The smallest absolute Gasteiger partial charge is 0.130 e. The van der Waals surface area contributed by atoms with E-state index in [1.54, 1.807) is 6.20 Å². The van der Waals surface area contributed by atoms with Gasteiger partial charge in [0.15, 0.2) is 0 Å². The fourth-order valence-electron chi connectivity index (χ4n) is 1.05. The Morgan fingerprint density at radius 1 is 1.54 bits per heavy atom. The molecular formula is C9H15N3O. The van der Waals surface area contributed by atoms with Gasteiger partial charge in [0.05, 0.1) is 0 Å². The third-order valence-corrected chi connectivity index (χ3v) is 1.74. The maximum Gasteiger partial charge on any atom is 0.130 e. The van der Waals surface area contributed by atoms with Gasteiger partial charge < -0.3 is 16.2 Å². The van der Waals surface area contributed by atoms with E-state index in [0.29, 0.717) is 6.54 Å². The summed E-state index contributed by atoms with van der Waals surface area (Å²) in [6.07, 6.45) is 2.45. The zero-order chi connectivity index (χ0) is 9.52. The molecule has 0 bridgehead atoms. The van der Waals surface area contributed by atoms with Crippen molar-refractivity contribution in [2.75, 3.05) is 18.5 Å². The van der Waals surface area contributed by atoms with Crippen molar-refractivity contribution in [1.29, 1.82) is 0 Å². The Balaban J connectivity index is 2.54. The number of hydrogen-bond acceptors (Lipinski definition) is 4. The van der Waals surface area contributed by atoms with E-state index in [1.807, 2.05) is 12.1 Å². The highest BCUT2D eigenvalue weighted by atomic mass is 16.3. The molecular weight excluding hydrogens is 166 g/mol. The molecule has 0 aliphatic heterocycles. The quantitative estimate of drug-likeness (QED) is 0.573. The van der Waals surface area contributed by atoms with Crippen molar-refractivity contribution in [2.45, 2.75) is 13.0 Å². The zero-order valence-corrected chi connectivity index (χ0v) is 7.53. The number of aliphatic hydroxyl groups excluding tert-OH is 1. The van der Waals surface area contributed by atoms with Gasteiger partial charge in [0.25, 0.3) is 0 Å². The summed E-state index contributed by atoms with van der Waals surface area (Å²) in [5.41, 5.74) is 6.53. The van der Waals surface area contributed by atoms with Crippen LogP contribution in [0, 0.1) is 0 Å². The molecule has 0 amide bonds. The molecule has 1 aromatic heterocycles. The molecule has 1 heterocycles. The summed E-state index contributed by atoms with van der Waals surface area (Å²) in [6.45, 7) is 1.40. The predicted octanol–water partition coefficient (Wildman–Crippen LogP) is 0.335. The van der Waals surface area contributed by atoms with Crippen molar-refractivity contribution in [3.05, 3.63) is 23.9 Å². The molecule has 0 aliphatic carbocycles. The second-order valence-corrected chi connectivity index (χ2v) is 2.72. The number of nitrogens with zero attached hydrogens (tertiary/aromatic N) is 1. The van der Waals surface area contributed by atoms with Gasteiger partial charge in [0, 0.05) is 31.5 Å². The number of rotatable bonds is 5. The highest BCUT2D eigenvalue weighted by Crippen LogP contribution is 2.09. The fourth-order valence-corrected chi connectivity index (χ4v) is 1.05. The molecule has 0 fully saturated rings. The van der Waals surface area contributed by atoms with E-state index >= 15 is 0 Å². The molecule has 0 saturated heterocycles. The van der Waals surface area contributed by atoms with E-state index in [9.17, 15) is 0 Å². The van der Waals surface area contributed by atoms with Crippen LogP contribution in [0.25, 0.3) is 0 Å². The molecule has 1 aromatic rings. The van der Waals surface area contributed by atoms with E-state index in [-0.39, 0.29) is 6.61 Å². The maximum absolute atomic E-state index is 8.59. The monoisotopic (exact) mass is 181 g/mol. The van der Waals surface area contributed by atoms with Crippen LogP contribution in [0.5, 0.6) is 0 Å². The summed E-state index contributed by atoms with van der Waals surface area (Å²) in [7, 11) is 0. The summed E-state index contributed by atoms with van der Waals surface area (Å²) in [6, 6.07) is 3.80. The topological polar surface area (TPSA) is 71.2 Å². The van der Waals surface area contributed by atoms with Gasteiger partial charge in [-0.1, -0.05) is 6.07 Å². The first-order chi connectivity index (χ1) is 6.38. The summed E-state index contributed by atoms with van der Waals surface area (Å²) in [5.74, 6) is 0.818. The van der Waals surface area contributed by atoms with Crippen LogP contribution in [0.4, 0.5) is 5.82 Å². The number of pyridine rings is 1. The molecule has 72 valence electrons. The molecule has 0 atom stereocenters. The number of aromatic nitrogens is 1. The lowest BCUT2D eigenvalue weighted by atomic mass is 10.2. The first kappa shape index (κ1) is 9.95. The third-order valence-electron chi connectivity index (χ3n) is 1.74. The standard InChI is InChI=1S/C9H15N3O/c10-7-8-3-1-4-11-9(8)12-5-2-6-13/h1,3-4,13H,2,5-7,10H2,(H,11,12). The van der Waals surface area contributed by atoms with Gasteiger partial charge in [-0.15, -0.1) is 0 Å². The van der Waals surface area contributed by atoms with Gasteiger partial charge in [0.2, 0.25) is 0 Å². The predicted molar refractivity (Wildman–Crippen MR) is 52.3 cm³/mol. The van der Waals surface area contributed by atoms with Crippen molar-refractivity contribution in [3.63, 3.8) is 0 Å². The Bertz CT molecular complexity index is 252. The number of nitrogens with one attached hydrogen (secondary N) is 1. The van der Waals surface area contributed by atoms with Crippen LogP contribution in [0.1, 0.15) is 12.0 Å². The Kier molecular flexibility index (Phi) is 4.21. The molecule has 1 rings (SSSR count). The van der Waals surface area contributed by atoms with E-state index < -0.39 is 0 Å². The number of nitrogens with two attached hydrogens (primary N) is 1. The van der Waals surface area contributed by atoms with Crippen molar-refractivity contribution in [2.24, 2.45) is 5.73 Å². The molecule has 0 saturated carbocycles. The van der Waals surface area contributed by atoms with Crippen LogP contribution in [0.2, 0.25) is 0 Å². The van der Waals surface area contributed by atoms with Crippen LogP contribution in [0.3, 0.4) is 0 Å². The van der Waals surface area contributed by atoms with E-state index in [4.69, 9.17) is 10.8 Å². The molecule has 0 radical (unpaired) electrons. The van der Waals surface area contributed by atoms with Crippen molar-refractivity contribution < 1.29 is 5.11 Å². The average Bonchev–Trinajstić information content (AvgIpc) is 2.19. The Labute approximate surface area is 77.8 Å². The van der Waals surface area contributed by atoms with Crippen molar-refractivity contribution >= 4 is 5.82 Å². The molecule has 0 aliphatic rings. The highest BCUT2D eigenvalue weighted by Gasteiger charge is 1.98. The largest absolute Gasteiger partial charge is 0.396 e. The number of hydrogen-bond donors (Lipinski definition) is 3. The lowest BCUT2D eigenvalue weighted by Gasteiger charge is -2.07. The first-order valence-corrected chi connectivity index (χ1v) is 4.37. The van der Waals surface area contributed by atoms with Gasteiger partial charge in [-0.05, 0) is 12.5 Å². The average molecular weight is 181 g/mol. The minimum absolute atomic E-state index is 0.192. The van der Waals surface area contributed by atoms with Gasteiger partial charge >= 0.3 is 0 Å². The van der Waals surface area contributed by atoms with E-state index in [1.165, 1.54) is 0 Å². The summed E-state index contributed by atoms with van der Waals surface area (Å²) < 4.78 is 0. The van der Waals surface area contributed by atoms with Crippen molar-refractivity contribution in [3.8, 4) is 0 Å². The minimum atomic E-state index is 0.192. The van der Waals surface area contributed by atoms with Crippen LogP contribution in [0.15, 0.2) is 18.3 Å². The van der Waals surface area contributed by atoms with Gasteiger partial charge in [-0.3, -0.25) is 0 Å². The SMILES string of the molecule is NCc1cccnc1NCCCO. The minimum Gasteiger partial charge on any atom is -0.396 e. The lowest BCUT2D eigenvalue weighted by molar-refractivity contribution is 0.292. The zero-order valence-electron chi connectivity index (χ0n) is 7.53. The van der Waals surface area contributed by atoms with Crippen LogP contribution < -0.4 is 11.1 Å². The Hall–Kier alpha value is -1.13. The molecule has 0 spiro atoms. The molecule has 4 nitrogen and oxygen atoms in total. The normalized spacial score (nSPS) is 10.0. The van der Waals surface area contributed by atoms with E-state index in [2.05, 4.69) is 10.3 Å². The van der Waals surface area contributed by atoms with Gasteiger partial charge in [-0.2, -0.15) is 0 Å². The molecule has 13 heavy (non-hydrogen) atoms. The first-order valence-electron chi connectivity index (χ1n) is 4.37. The second-order valence-electron chi connectivity index (χ2n) is 2.72. The summed E-state index contributed by atoms with van der Waals surface area (Å²) >= 11 is 0. The Morgan fingerprint density at radius 3 is 3.08 bits per heavy atom. The third kappa shape index (κ3) is 3.01. The molecule has 4 heteroatoms. The maximum atomic E-state index is 8.59. The Morgan fingerprint density at radius 2 is 2.38 bits per heavy atom. The summed E-state index contributed by atoms with van der Waals surface area (Å²) in [5, 5.41) is 11.7.